The van der Waals surface area contributed by atoms with Crippen molar-refractivity contribution >= 4 is 11.4 Å². The first-order valence-electron chi connectivity index (χ1n) is 11.9. The number of aromatic nitrogens is 2. The lowest BCUT2D eigenvalue weighted by atomic mass is 9.84. The third kappa shape index (κ3) is 3.90. The van der Waals surface area contributed by atoms with E-state index in [1.807, 2.05) is 0 Å². The Morgan fingerprint density at radius 3 is 2.47 bits per heavy atom. The highest BCUT2D eigenvalue weighted by Gasteiger charge is 2.40. The van der Waals surface area contributed by atoms with E-state index in [9.17, 15) is 13.2 Å². The van der Waals surface area contributed by atoms with Gasteiger partial charge in [0.25, 0.3) is 0 Å². The molecule has 30 heavy (non-hydrogen) atoms. The molecule has 4 aliphatic rings. The van der Waals surface area contributed by atoms with Gasteiger partial charge in [-0.1, -0.05) is 25.7 Å². The van der Waals surface area contributed by atoms with Crippen LogP contribution in [0, 0.1) is 0 Å². The van der Waals surface area contributed by atoms with Crippen LogP contribution in [0.25, 0.3) is 5.57 Å². The van der Waals surface area contributed by atoms with Gasteiger partial charge in [-0.15, -0.1) is 0 Å². The summed E-state index contributed by atoms with van der Waals surface area (Å²) in [6, 6.07) is 0.715. The molecule has 1 saturated carbocycles. The van der Waals surface area contributed by atoms with Crippen LogP contribution >= 0.6 is 0 Å². The minimum atomic E-state index is -4.27. The minimum absolute atomic E-state index is 0.159. The molecule has 5 rings (SSSR count). The Labute approximate surface area is 176 Å². The summed E-state index contributed by atoms with van der Waals surface area (Å²) >= 11 is 0. The van der Waals surface area contributed by atoms with Gasteiger partial charge in [-0.2, -0.15) is 18.3 Å². The number of fused-ring (bicyclic) bond motifs is 2. The molecule has 1 saturated heterocycles. The Bertz CT molecular complexity index is 802. The summed E-state index contributed by atoms with van der Waals surface area (Å²) < 4.78 is 41.2. The van der Waals surface area contributed by atoms with Crippen LogP contribution in [0.2, 0.25) is 0 Å². The normalized spacial score (nSPS) is 26.3. The Morgan fingerprint density at radius 1 is 0.933 bits per heavy atom. The fourth-order valence-corrected chi connectivity index (χ4v) is 6.24. The maximum Gasteiger partial charge on any atom is 0.408 e. The van der Waals surface area contributed by atoms with Crippen molar-refractivity contribution in [3.8, 4) is 0 Å². The van der Waals surface area contributed by atoms with E-state index in [0.29, 0.717) is 18.4 Å². The van der Waals surface area contributed by atoms with Crippen LogP contribution in [0.4, 0.5) is 19.0 Å². The predicted molar refractivity (Wildman–Crippen MR) is 112 cm³/mol. The first kappa shape index (κ1) is 20.4. The quantitative estimate of drug-likeness (QED) is 0.601. The van der Waals surface area contributed by atoms with Gasteiger partial charge >= 0.3 is 6.18 Å². The highest BCUT2D eigenvalue weighted by atomic mass is 19.4. The highest BCUT2D eigenvalue weighted by molar-refractivity contribution is 5.82. The zero-order valence-corrected chi connectivity index (χ0v) is 17.7. The molecule has 0 unspecified atom stereocenters. The molecule has 166 valence electrons. The molecule has 0 bridgehead atoms. The second-order valence-electron chi connectivity index (χ2n) is 9.57. The lowest BCUT2D eigenvalue weighted by molar-refractivity contribution is -0.142. The monoisotopic (exact) mass is 422 g/mol. The lowest BCUT2D eigenvalue weighted by Crippen LogP contribution is -2.35. The van der Waals surface area contributed by atoms with Gasteiger partial charge in [0.15, 0.2) is 0 Å². The van der Waals surface area contributed by atoms with E-state index in [4.69, 9.17) is 0 Å². The maximum absolute atomic E-state index is 13.3. The van der Waals surface area contributed by atoms with Crippen molar-refractivity contribution in [2.24, 2.45) is 0 Å². The Morgan fingerprint density at radius 2 is 1.70 bits per heavy atom. The van der Waals surface area contributed by atoms with Crippen molar-refractivity contribution in [2.75, 3.05) is 18.4 Å². The SMILES string of the molecule is FC(F)(F)Cn1nc([C@H]2CCCN2C2CCCCCC2)c2c1NCC1=C2CCCC1. The van der Waals surface area contributed by atoms with E-state index in [1.165, 1.54) is 60.8 Å². The van der Waals surface area contributed by atoms with Crippen LogP contribution < -0.4 is 5.32 Å². The lowest BCUT2D eigenvalue weighted by Gasteiger charge is -2.33. The molecule has 2 fully saturated rings. The first-order chi connectivity index (χ1) is 14.5. The second-order valence-corrected chi connectivity index (χ2v) is 9.57. The maximum atomic E-state index is 13.3. The van der Waals surface area contributed by atoms with Gasteiger partial charge in [-0.3, -0.25) is 4.90 Å². The summed E-state index contributed by atoms with van der Waals surface area (Å²) in [5.74, 6) is 0.607. The minimum Gasteiger partial charge on any atom is -0.366 e. The molecular formula is C23H33F3N4. The van der Waals surface area contributed by atoms with E-state index < -0.39 is 12.7 Å². The number of likely N-dealkylation sites (tertiary alicyclic amines) is 1. The number of rotatable bonds is 3. The number of nitrogens with zero attached hydrogens (tertiary/aromatic N) is 3. The molecule has 1 N–H and O–H groups in total. The molecule has 2 aliphatic carbocycles. The van der Waals surface area contributed by atoms with Crippen molar-refractivity contribution in [3.63, 3.8) is 0 Å². The van der Waals surface area contributed by atoms with Crippen molar-refractivity contribution in [3.05, 3.63) is 16.8 Å². The van der Waals surface area contributed by atoms with Crippen molar-refractivity contribution in [1.29, 1.82) is 0 Å². The number of allylic oxidation sites excluding steroid dienone is 1. The number of halogens is 3. The summed E-state index contributed by atoms with van der Waals surface area (Å²) in [6.07, 6.45) is 9.79. The zero-order chi connectivity index (χ0) is 20.7. The number of alkyl halides is 3. The van der Waals surface area contributed by atoms with Gasteiger partial charge in [0.1, 0.15) is 12.4 Å². The van der Waals surface area contributed by atoms with Crippen LogP contribution in [0.3, 0.4) is 0 Å². The summed E-state index contributed by atoms with van der Waals surface area (Å²) in [6.45, 7) is 0.707. The zero-order valence-electron chi connectivity index (χ0n) is 17.7. The number of hydrogen-bond donors (Lipinski definition) is 1. The Hall–Kier alpha value is -1.50. The molecule has 7 heteroatoms. The molecule has 0 amide bonds. The Balaban J connectivity index is 1.55. The standard InChI is InChI=1S/C23H33F3N4/c24-23(25,26)15-30-22-20(18-11-6-5-8-16(18)14-27-22)21(28-30)19-12-7-13-29(19)17-9-3-1-2-4-10-17/h17,19,27H,1-15H2/t19-/m1/s1. The van der Waals surface area contributed by atoms with Crippen molar-refractivity contribution in [1.82, 2.24) is 14.7 Å². The molecular weight excluding hydrogens is 389 g/mol. The molecule has 1 aromatic heterocycles. The van der Waals surface area contributed by atoms with Crippen molar-refractivity contribution < 1.29 is 13.2 Å². The van der Waals surface area contributed by atoms with Gasteiger partial charge in [0.05, 0.1) is 11.7 Å². The average molecular weight is 423 g/mol. The van der Waals surface area contributed by atoms with Gasteiger partial charge in [0, 0.05) is 18.2 Å². The molecule has 0 aromatic carbocycles. The van der Waals surface area contributed by atoms with Crippen molar-refractivity contribution in [2.45, 2.75) is 102 Å². The van der Waals surface area contributed by atoms with Gasteiger partial charge in [0.2, 0.25) is 0 Å². The third-order valence-electron chi connectivity index (χ3n) is 7.57. The van der Waals surface area contributed by atoms with E-state index >= 15 is 0 Å². The Kier molecular flexibility index (Phi) is 5.58. The van der Waals surface area contributed by atoms with Gasteiger partial charge in [-0.05, 0) is 69.1 Å². The summed E-state index contributed by atoms with van der Waals surface area (Å²) in [5, 5.41) is 8.00. The van der Waals surface area contributed by atoms with E-state index in [-0.39, 0.29) is 6.04 Å². The molecule has 3 heterocycles. The molecule has 2 aliphatic heterocycles. The van der Waals surface area contributed by atoms with Crippen LogP contribution in [-0.4, -0.2) is 40.0 Å². The highest BCUT2D eigenvalue weighted by Crippen LogP contribution is 2.47. The van der Waals surface area contributed by atoms with E-state index in [0.717, 1.165) is 49.9 Å². The number of hydrogen-bond acceptors (Lipinski definition) is 3. The van der Waals surface area contributed by atoms with Crippen LogP contribution in [0.1, 0.15) is 94.3 Å². The molecule has 1 atom stereocenters. The van der Waals surface area contributed by atoms with E-state index in [1.54, 1.807) is 0 Å². The smallest absolute Gasteiger partial charge is 0.366 e. The van der Waals surface area contributed by atoms with Crippen LogP contribution in [0.15, 0.2) is 5.57 Å². The average Bonchev–Trinajstić information content (AvgIpc) is 3.23. The molecule has 0 spiro atoms. The topological polar surface area (TPSA) is 33.1 Å². The molecule has 1 aromatic rings. The van der Waals surface area contributed by atoms with Gasteiger partial charge in [-0.25, -0.2) is 4.68 Å². The predicted octanol–water partition coefficient (Wildman–Crippen LogP) is 6.06. The molecule has 4 nitrogen and oxygen atoms in total. The van der Waals surface area contributed by atoms with E-state index in [2.05, 4.69) is 15.3 Å². The van der Waals surface area contributed by atoms with Crippen LogP contribution in [0.5, 0.6) is 0 Å². The fraction of sp³-hybridized carbons (Fsp3) is 0.783. The first-order valence-corrected chi connectivity index (χ1v) is 11.9. The third-order valence-corrected chi connectivity index (χ3v) is 7.57. The summed E-state index contributed by atoms with van der Waals surface area (Å²) in [4.78, 5) is 2.60. The largest absolute Gasteiger partial charge is 0.408 e. The van der Waals surface area contributed by atoms with Gasteiger partial charge < -0.3 is 5.32 Å². The molecule has 0 radical (unpaired) electrons. The summed E-state index contributed by atoms with van der Waals surface area (Å²) in [5.41, 5.74) is 4.62. The fourth-order valence-electron chi connectivity index (χ4n) is 6.24. The summed E-state index contributed by atoms with van der Waals surface area (Å²) in [7, 11) is 0. The van der Waals surface area contributed by atoms with Crippen LogP contribution in [-0.2, 0) is 6.54 Å². The number of anilines is 1. The second kappa shape index (κ2) is 8.21. The number of nitrogens with one attached hydrogen (secondary N) is 1.